The zero-order valence-electron chi connectivity index (χ0n) is 10.9. The highest BCUT2D eigenvalue weighted by molar-refractivity contribution is 7.99. The summed E-state index contributed by atoms with van der Waals surface area (Å²) < 4.78 is 5.44. The van der Waals surface area contributed by atoms with Gasteiger partial charge in [0.2, 0.25) is 0 Å². The minimum Gasteiger partial charge on any atom is -0.494 e. The van der Waals surface area contributed by atoms with Crippen molar-refractivity contribution in [1.82, 2.24) is 9.97 Å². The van der Waals surface area contributed by atoms with Crippen LogP contribution in [0.25, 0.3) is 11.0 Å². The lowest BCUT2D eigenvalue weighted by molar-refractivity contribution is 0.340. The van der Waals surface area contributed by atoms with E-state index in [4.69, 9.17) is 15.7 Å². The van der Waals surface area contributed by atoms with Crippen LogP contribution in [0.4, 0.5) is 0 Å². The number of benzene rings is 1. The smallest absolute Gasteiger partial charge is 0.166 e. The lowest BCUT2D eigenvalue weighted by Crippen LogP contribution is -2.36. The van der Waals surface area contributed by atoms with E-state index in [0.717, 1.165) is 21.9 Å². The van der Waals surface area contributed by atoms with Crippen molar-refractivity contribution in [3.8, 4) is 11.8 Å². The fraction of sp³-hybridized carbons (Fsp3) is 0.385. The molecule has 0 spiro atoms. The first-order chi connectivity index (χ1) is 9.04. The van der Waals surface area contributed by atoms with Crippen molar-refractivity contribution in [2.24, 2.45) is 5.73 Å². The first-order valence-electron chi connectivity index (χ1n) is 5.99. The molecule has 1 atom stereocenters. The van der Waals surface area contributed by atoms with Crippen LogP contribution in [-0.4, -0.2) is 27.9 Å². The number of nitriles is 1. The van der Waals surface area contributed by atoms with Crippen LogP contribution in [0.15, 0.2) is 23.4 Å². The fourth-order valence-corrected chi connectivity index (χ4v) is 2.39. The van der Waals surface area contributed by atoms with Gasteiger partial charge in [-0.15, -0.1) is 0 Å². The van der Waals surface area contributed by atoms with Gasteiger partial charge in [-0.2, -0.15) is 5.26 Å². The molecule has 5 nitrogen and oxygen atoms in total. The van der Waals surface area contributed by atoms with Crippen LogP contribution in [0.3, 0.4) is 0 Å². The SMILES string of the molecule is CCOc1ccc2nc(SCC(C)(N)C#N)[nH]c2c1. The number of aromatic amines is 1. The van der Waals surface area contributed by atoms with Gasteiger partial charge in [-0.05, 0) is 26.0 Å². The molecule has 0 fully saturated rings. The van der Waals surface area contributed by atoms with Crippen LogP contribution < -0.4 is 10.5 Å². The Morgan fingerprint density at radius 2 is 2.37 bits per heavy atom. The van der Waals surface area contributed by atoms with Gasteiger partial charge >= 0.3 is 0 Å². The predicted octanol–water partition coefficient (Wildman–Crippen LogP) is 2.29. The number of ether oxygens (including phenoxy) is 1. The van der Waals surface area contributed by atoms with Crippen LogP contribution in [0, 0.1) is 11.3 Å². The number of hydrogen-bond donors (Lipinski definition) is 2. The van der Waals surface area contributed by atoms with E-state index in [1.165, 1.54) is 11.8 Å². The minimum absolute atomic E-state index is 0.488. The number of H-pyrrole nitrogens is 1. The van der Waals surface area contributed by atoms with Gasteiger partial charge in [-0.3, -0.25) is 0 Å². The first-order valence-corrected chi connectivity index (χ1v) is 6.98. The molecule has 0 aliphatic rings. The van der Waals surface area contributed by atoms with Gasteiger partial charge in [0.15, 0.2) is 5.16 Å². The van der Waals surface area contributed by atoms with Crippen molar-refractivity contribution >= 4 is 22.8 Å². The summed E-state index contributed by atoms with van der Waals surface area (Å²) in [4.78, 5) is 7.64. The summed E-state index contributed by atoms with van der Waals surface area (Å²) in [5.41, 5.74) is 6.73. The molecule has 19 heavy (non-hydrogen) atoms. The highest BCUT2D eigenvalue weighted by atomic mass is 32.2. The predicted molar refractivity (Wildman–Crippen MR) is 76.2 cm³/mol. The van der Waals surface area contributed by atoms with Crippen LogP contribution in [0.5, 0.6) is 5.75 Å². The Labute approximate surface area is 116 Å². The molecule has 2 rings (SSSR count). The Morgan fingerprint density at radius 1 is 1.58 bits per heavy atom. The van der Waals surface area contributed by atoms with Crippen molar-refractivity contribution in [2.45, 2.75) is 24.5 Å². The molecule has 1 aromatic heterocycles. The molecule has 0 radical (unpaired) electrons. The van der Waals surface area contributed by atoms with E-state index in [2.05, 4.69) is 16.0 Å². The molecule has 0 saturated heterocycles. The number of hydrogen-bond acceptors (Lipinski definition) is 5. The zero-order valence-corrected chi connectivity index (χ0v) is 11.8. The molecule has 1 heterocycles. The Bertz CT molecular complexity index is 615. The van der Waals surface area contributed by atoms with Crippen molar-refractivity contribution in [2.75, 3.05) is 12.4 Å². The lowest BCUT2D eigenvalue weighted by Gasteiger charge is -2.12. The van der Waals surface area contributed by atoms with Crippen molar-refractivity contribution in [3.05, 3.63) is 18.2 Å². The molecule has 100 valence electrons. The van der Waals surface area contributed by atoms with E-state index in [-0.39, 0.29) is 0 Å². The number of aromatic nitrogens is 2. The van der Waals surface area contributed by atoms with E-state index in [1.54, 1.807) is 6.92 Å². The van der Waals surface area contributed by atoms with Gasteiger partial charge in [0.1, 0.15) is 11.3 Å². The third-order valence-electron chi connectivity index (χ3n) is 2.51. The van der Waals surface area contributed by atoms with Gasteiger partial charge in [-0.25, -0.2) is 4.98 Å². The molecule has 1 aromatic carbocycles. The van der Waals surface area contributed by atoms with Crippen LogP contribution in [0.2, 0.25) is 0 Å². The summed E-state index contributed by atoms with van der Waals surface area (Å²) in [6.45, 7) is 4.28. The lowest BCUT2D eigenvalue weighted by atomic mass is 10.1. The largest absolute Gasteiger partial charge is 0.494 e. The van der Waals surface area contributed by atoms with E-state index < -0.39 is 5.54 Å². The maximum absolute atomic E-state index is 8.87. The molecule has 2 aromatic rings. The molecule has 0 amide bonds. The number of thioether (sulfide) groups is 1. The molecule has 0 saturated carbocycles. The first kappa shape index (κ1) is 13.7. The molecule has 0 aliphatic carbocycles. The van der Waals surface area contributed by atoms with E-state index in [9.17, 15) is 0 Å². The Hall–Kier alpha value is -1.71. The standard InChI is InChI=1S/C13H16N4OS/c1-3-18-9-4-5-10-11(6-9)17-12(16-10)19-8-13(2,15)7-14/h4-6H,3,8,15H2,1-2H3,(H,16,17). The second kappa shape index (κ2) is 5.51. The molecule has 6 heteroatoms. The third-order valence-corrected chi connectivity index (χ3v) is 3.72. The van der Waals surface area contributed by atoms with Crippen LogP contribution >= 0.6 is 11.8 Å². The monoisotopic (exact) mass is 276 g/mol. The van der Waals surface area contributed by atoms with Gasteiger partial charge < -0.3 is 15.5 Å². The topological polar surface area (TPSA) is 87.7 Å². The molecular weight excluding hydrogens is 260 g/mol. The van der Waals surface area contributed by atoms with Crippen LogP contribution in [0.1, 0.15) is 13.8 Å². The molecule has 3 N–H and O–H groups in total. The number of nitrogens with two attached hydrogens (primary N) is 1. The van der Waals surface area contributed by atoms with E-state index in [0.29, 0.717) is 12.4 Å². The summed E-state index contributed by atoms with van der Waals surface area (Å²) in [7, 11) is 0. The van der Waals surface area contributed by atoms with E-state index in [1.807, 2.05) is 25.1 Å². The maximum Gasteiger partial charge on any atom is 0.166 e. The zero-order chi connectivity index (χ0) is 13.9. The second-order valence-corrected chi connectivity index (χ2v) is 5.44. The quantitative estimate of drug-likeness (QED) is 0.818. The minimum atomic E-state index is -0.847. The summed E-state index contributed by atoms with van der Waals surface area (Å²) in [5.74, 6) is 1.30. The second-order valence-electron chi connectivity index (χ2n) is 4.47. The Kier molecular flexibility index (Phi) is 3.98. The Balaban J connectivity index is 2.15. The average molecular weight is 276 g/mol. The highest BCUT2D eigenvalue weighted by Gasteiger charge is 2.18. The number of fused-ring (bicyclic) bond motifs is 1. The summed E-state index contributed by atoms with van der Waals surface area (Å²) >= 11 is 1.44. The van der Waals surface area contributed by atoms with Crippen molar-refractivity contribution in [1.29, 1.82) is 5.26 Å². The van der Waals surface area contributed by atoms with Crippen molar-refractivity contribution in [3.63, 3.8) is 0 Å². The van der Waals surface area contributed by atoms with E-state index >= 15 is 0 Å². The van der Waals surface area contributed by atoms with Crippen LogP contribution in [-0.2, 0) is 0 Å². The molecular formula is C13H16N4OS. The van der Waals surface area contributed by atoms with Gasteiger partial charge in [0.05, 0.1) is 23.7 Å². The molecule has 0 aliphatic heterocycles. The Morgan fingerprint density at radius 3 is 3.05 bits per heavy atom. The number of nitrogens with zero attached hydrogens (tertiary/aromatic N) is 2. The number of imidazole rings is 1. The average Bonchev–Trinajstić information content (AvgIpc) is 2.79. The number of rotatable bonds is 5. The maximum atomic E-state index is 8.87. The highest BCUT2D eigenvalue weighted by Crippen LogP contribution is 2.24. The molecule has 0 bridgehead atoms. The fourth-order valence-electron chi connectivity index (χ4n) is 1.54. The number of nitrogens with one attached hydrogen (secondary N) is 1. The van der Waals surface area contributed by atoms with Gasteiger partial charge in [-0.1, -0.05) is 11.8 Å². The summed E-state index contributed by atoms with van der Waals surface area (Å²) in [6.07, 6.45) is 0. The van der Waals surface area contributed by atoms with Gasteiger partial charge in [0, 0.05) is 11.8 Å². The van der Waals surface area contributed by atoms with Crippen molar-refractivity contribution < 1.29 is 4.74 Å². The summed E-state index contributed by atoms with van der Waals surface area (Å²) in [6, 6.07) is 7.79. The molecule has 1 unspecified atom stereocenters. The summed E-state index contributed by atoms with van der Waals surface area (Å²) in [5, 5.41) is 9.63. The van der Waals surface area contributed by atoms with Gasteiger partial charge in [0.25, 0.3) is 0 Å². The third kappa shape index (κ3) is 3.40. The normalized spacial score (nSPS) is 14.0.